The molecule has 0 saturated carbocycles. The minimum atomic E-state index is 0.303. The average molecular weight is 275 g/mol. The fourth-order valence-electron chi connectivity index (χ4n) is 1.80. The number of Topliss-reactive ketones (excluding diaryl/α,β-unsaturated/α-hetero) is 1. The van der Waals surface area contributed by atoms with Crippen molar-refractivity contribution in [2.45, 2.75) is 45.4 Å². The molecule has 0 aromatic heterocycles. The topological polar surface area (TPSA) is 26.3 Å². The van der Waals surface area contributed by atoms with Crippen LogP contribution in [0.15, 0.2) is 11.3 Å². The van der Waals surface area contributed by atoms with Gasteiger partial charge < -0.3 is 4.74 Å². The molecule has 0 heterocycles. The SMILES string of the molecule is CCCC1=C(OCCCBr)CCCC1=O. The molecule has 0 amide bonds. The zero-order valence-electron chi connectivity index (χ0n) is 9.35. The quantitative estimate of drug-likeness (QED) is 0.547. The summed E-state index contributed by atoms with van der Waals surface area (Å²) in [7, 11) is 0. The van der Waals surface area contributed by atoms with E-state index in [4.69, 9.17) is 4.74 Å². The van der Waals surface area contributed by atoms with Crippen LogP contribution in [0, 0.1) is 0 Å². The molecule has 0 atom stereocenters. The largest absolute Gasteiger partial charge is 0.497 e. The van der Waals surface area contributed by atoms with Crippen molar-refractivity contribution in [2.24, 2.45) is 0 Å². The summed E-state index contributed by atoms with van der Waals surface area (Å²) < 4.78 is 5.69. The normalized spacial score (nSPS) is 17.1. The molecule has 0 N–H and O–H groups in total. The van der Waals surface area contributed by atoms with Gasteiger partial charge >= 0.3 is 0 Å². The van der Waals surface area contributed by atoms with Gasteiger partial charge in [-0.3, -0.25) is 4.79 Å². The number of carbonyl (C=O) groups is 1. The molecule has 0 aromatic rings. The molecule has 3 heteroatoms. The van der Waals surface area contributed by atoms with Gasteiger partial charge in [-0.05, 0) is 19.3 Å². The van der Waals surface area contributed by atoms with E-state index in [1.807, 2.05) is 0 Å². The smallest absolute Gasteiger partial charge is 0.162 e. The van der Waals surface area contributed by atoms with E-state index < -0.39 is 0 Å². The second-order valence-corrected chi connectivity index (χ2v) is 4.61. The maximum absolute atomic E-state index is 11.7. The Kier molecular flexibility index (Phi) is 5.99. The average Bonchev–Trinajstić information content (AvgIpc) is 2.23. The summed E-state index contributed by atoms with van der Waals surface area (Å²) in [6, 6.07) is 0. The molecule has 0 bridgehead atoms. The minimum Gasteiger partial charge on any atom is -0.497 e. The van der Waals surface area contributed by atoms with Crippen LogP contribution in [0.1, 0.15) is 45.4 Å². The van der Waals surface area contributed by atoms with Crippen LogP contribution in [0.4, 0.5) is 0 Å². The van der Waals surface area contributed by atoms with Gasteiger partial charge in [0.1, 0.15) is 5.76 Å². The number of allylic oxidation sites excluding steroid dienone is 2. The first kappa shape index (κ1) is 12.8. The number of alkyl halides is 1. The molecule has 0 fully saturated rings. The van der Waals surface area contributed by atoms with Crippen molar-refractivity contribution in [3.05, 3.63) is 11.3 Å². The summed E-state index contributed by atoms with van der Waals surface area (Å²) >= 11 is 3.37. The van der Waals surface area contributed by atoms with Crippen LogP contribution >= 0.6 is 15.9 Å². The van der Waals surface area contributed by atoms with Crippen LogP contribution < -0.4 is 0 Å². The van der Waals surface area contributed by atoms with Gasteiger partial charge in [0.25, 0.3) is 0 Å². The maximum Gasteiger partial charge on any atom is 0.162 e. The Balaban J connectivity index is 2.59. The van der Waals surface area contributed by atoms with E-state index in [-0.39, 0.29) is 0 Å². The first-order chi connectivity index (χ1) is 7.29. The monoisotopic (exact) mass is 274 g/mol. The van der Waals surface area contributed by atoms with Crippen LogP contribution in [-0.4, -0.2) is 17.7 Å². The third kappa shape index (κ3) is 3.98. The Morgan fingerprint density at radius 3 is 2.87 bits per heavy atom. The Morgan fingerprint density at radius 2 is 2.20 bits per heavy atom. The van der Waals surface area contributed by atoms with Crippen LogP contribution in [0.2, 0.25) is 0 Å². The number of carbonyl (C=O) groups excluding carboxylic acids is 1. The molecule has 86 valence electrons. The number of halogens is 1. The van der Waals surface area contributed by atoms with E-state index in [0.29, 0.717) is 12.2 Å². The zero-order chi connectivity index (χ0) is 11.1. The van der Waals surface area contributed by atoms with Crippen LogP contribution in [0.3, 0.4) is 0 Å². The van der Waals surface area contributed by atoms with Crippen LogP contribution in [0.5, 0.6) is 0 Å². The van der Waals surface area contributed by atoms with Gasteiger partial charge in [0.05, 0.1) is 6.61 Å². The lowest BCUT2D eigenvalue weighted by Gasteiger charge is -2.19. The molecule has 1 rings (SSSR count). The Bertz CT molecular complexity index is 246. The van der Waals surface area contributed by atoms with E-state index in [0.717, 1.165) is 55.4 Å². The number of ketones is 1. The number of ether oxygens (including phenoxy) is 1. The fourth-order valence-corrected chi connectivity index (χ4v) is 2.03. The lowest BCUT2D eigenvalue weighted by molar-refractivity contribution is -0.116. The summed E-state index contributed by atoms with van der Waals surface area (Å²) in [5.74, 6) is 1.27. The molecule has 0 radical (unpaired) electrons. The predicted octanol–water partition coefficient (Wildman–Crippen LogP) is 3.60. The molecule has 1 aliphatic carbocycles. The summed E-state index contributed by atoms with van der Waals surface area (Å²) in [4.78, 5) is 11.7. The maximum atomic E-state index is 11.7. The van der Waals surface area contributed by atoms with Crippen LogP contribution in [0.25, 0.3) is 0 Å². The van der Waals surface area contributed by atoms with Crippen molar-refractivity contribution < 1.29 is 9.53 Å². The molecule has 0 spiro atoms. The highest BCUT2D eigenvalue weighted by Gasteiger charge is 2.20. The Hall–Kier alpha value is -0.310. The fraction of sp³-hybridized carbons (Fsp3) is 0.750. The molecule has 1 aliphatic rings. The standard InChI is InChI=1S/C12H19BrO2/c1-2-5-10-11(14)6-3-7-12(10)15-9-4-8-13/h2-9H2,1H3. The predicted molar refractivity (Wildman–Crippen MR) is 65.2 cm³/mol. The van der Waals surface area contributed by atoms with E-state index in [2.05, 4.69) is 22.9 Å². The van der Waals surface area contributed by atoms with Gasteiger partial charge in [0.15, 0.2) is 5.78 Å². The van der Waals surface area contributed by atoms with Crippen molar-refractivity contribution in [1.29, 1.82) is 0 Å². The molecule has 2 nitrogen and oxygen atoms in total. The number of hydrogen-bond donors (Lipinski definition) is 0. The molecule has 0 aliphatic heterocycles. The molecule has 15 heavy (non-hydrogen) atoms. The lowest BCUT2D eigenvalue weighted by atomic mass is 9.93. The van der Waals surface area contributed by atoms with Crippen molar-refractivity contribution >= 4 is 21.7 Å². The third-order valence-electron chi connectivity index (χ3n) is 2.54. The molecule has 0 saturated heterocycles. The highest BCUT2D eigenvalue weighted by atomic mass is 79.9. The third-order valence-corrected chi connectivity index (χ3v) is 3.10. The number of hydrogen-bond acceptors (Lipinski definition) is 2. The Labute approximate surface area is 100 Å². The molecular weight excluding hydrogens is 256 g/mol. The van der Waals surface area contributed by atoms with Crippen molar-refractivity contribution in [2.75, 3.05) is 11.9 Å². The summed E-state index contributed by atoms with van der Waals surface area (Å²) in [6.07, 6.45) is 5.51. The summed E-state index contributed by atoms with van der Waals surface area (Å²) in [5.41, 5.74) is 0.957. The van der Waals surface area contributed by atoms with Gasteiger partial charge in [0.2, 0.25) is 0 Å². The molecular formula is C12H19BrO2. The van der Waals surface area contributed by atoms with Gasteiger partial charge in [-0.1, -0.05) is 29.3 Å². The first-order valence-electron chi connectivity index (χ1n) is 5.73. The molecule has 0 unspecified atom stereocenters. The van der Waals surface area contributed by atoms with Crippen LogP contribution in [-0.2, 0) is 9.53 Å². The van der Waals surface area contributed by atoms with Gasteiger partial charge in [-0.25, -0.2) is 0 Å². The zero-order valence-corrected chi connectivity index (χ0v) is 10.9. The summed E-state index contributed by atoms with van der Waals surface area (Å²) in [5, 5.41) is 0.956. The minimum absolute atomic E-state index is 0.303. The Morgan fingerprint density at radius 1 is 1.40 bits per heavy atom. The highest BCUT2D eigenvalue weighted by molar-refractivity contribution is 9.09. The van der Waals surface area contributed by atoms with E-state index in [1.165, 1.54) is 0 Å². The van der Waals surface area contributed by atoms with E-state index >= 15 is 0 Å². The van der Waals surface area contributed by atoms with Crippen molar-refractivity contribution in [3.8, 4) is 0 Å². The van der Waals surface area contributed by atoms with E-state index in [9.17, 15) is 4.79 Å². The summed E-state index contributed by atoms with van der Waals surface area (Å²) in [6.45, 7) is 2.83. The second-order valence-electron chi connectivity index (χ2n) is 3.82. The first-order valence-corrected chi connectivity index (χ1v) is 6.85. The van der Waals surface area contributed by atoms with Gasteiger partial charge in [-0.15, -0.1) is 0 Å². The van der Waals surface area contributed by atoms with Crippen molar-refractivity contribution in [1.82, 2.24) is 0 Å². The van der Waals surface area contributed by atoms with E-state index in [1.54, 1.807) is 0 Å². The van der Waals surface area contributed by atoms with Gasteiger partial charge in [0, 0.05) is 23.7 Å². The highest BCUT2D eigenvalue weighted by Crippen LogP contribution is 2.26. The van der Waals surface area contributed by atoms with Gasteiger partial charge in [-0.2, -0.15) is 0 Å². The molecule has 0 aromatic carbocycles. The lowest BCUT2D eigenvalue weighted by Crippen LogP contribution is -2.14. The van der Waals surface area contributed by atoms with Crippen molar-refractivity contribution in [3.63, 3.8) is 0 Å². The second kappa shape index (κ2) is 7.04. The number of rotatable bonds is 6.